The van der Waals surface area contributed by atoms with Crippen LogP contribution in [0.15, 0.2) is 57.7 Å². The van der Waals surface area contributed by atoms with Gasteiger partial charge in [0.15, 0.2) is 11.5 Å². The number of carbonyl (C=O) groups excluding carboxylic acids is 1. The maximum atomic E-state index is 12.9. The molecule has 1 amide bonds. The van der Waals surface area contributed by atoms with Gasteiger partial charge in [-0.3, -0.25) is 9.69 Å². The fourth-order valence-electron chi connectivity index (χ4n) is 4.14. The van der Waals surface area contributed by atoms with Crippen molar-refractivity contribution < 1.29 is 18.7 Å². The van der Waals surface area contributed by atoms with E-state index in [-0.39, 0.29) is 11.5 Å². The summed E-state index contributed by atoms with van der Waals surface area (Å²) in [6.45, 7) is 5.50. The van der Waals surface area contributed by atoms with Crippen LogP contribution in [-0.4, -0.2) is 68.2 Å². The maximum Gasteiger partial charge on any atom is 0.338 e. The minimum absolute atomic E-state index is 0.0160. The summed E-state index contributed by atoms with van der Waals surface area (Å²) < 4.78 is 16.4. The van der Waals surface area contributed by atoms with Gasteiger partial charge in [-0.1, -0.05) is 12.1 Å². The molecule has 0 radical (unpaired) electrons. The molecule has 1 fully saturated rings. The monoisotopic (exact) mass is 435 g/mol. The van der Waals surface area contributed by atoms with E-state index in [1.807, 2.05) is 23.1 Å². The Kier molecular flexibility index (Phi) is 5.68. The molecule has 0 aliphatic carbocycles. The molecule has 8 heteroatoms. The van der Waals surface area contributed by atoms with E-state index in [0.29, 0.717) is 55.5 Å². The number of para-hydroxylation sites is 1. The molecule has 0 spiro atoms. The summed E-state index contributed by atoms with van der Waals surface area (Å²) in [7, 11) is 0. The van der Waals surface area contributed by atoms with E-state index >= 15 is 0 Å². The number of nitrogens with one attached hydrogen (secondary N) is 1. The number of nitrogens with zero attached hydrogens (tertiary/aromatic N) is 2. The Morgan fingerprint density at radius 1 is 0.938 bits per heavy atom. The quantitative estimate of drug-likeness (QED) is 0.616. The van der Waals surface area contributed by atoms with E-state index in [4.69, 9.17) is 13.9 Å². The third kappa shape index (κ3) is 4.27. The van der Waals surface area contributed by atoms with Crippen LogP contribution in [0.25, 0.3) is 11.0 Å². The predicted octanol–water partition coefficient (Wildman–Crippen LogP) is 2.43. The minimum Gasteiger partial charge on any atom is -0.486 e. The minimum atomic E-state index is -0.363. The van der Waals surface area contributed by atoms with Crippen molar-refractivity contribution >= 4 is 22.6 Å². The molecular weight excluding hydrogens is 410 g/mol. The Morgan fingerprint density at radius 3 is 2.56 bits per heavy atom. The number of piperazine rings is 1. The lowest BCUT2D eigenvalue weighted by molar-refractivity contribution is 0.0641. The van der Waals surface area contributed by atoms with Gasteiger partial charge in [-0.15, -0.1) is 0 Å². The van der Waals surface area contributed by atoms with Gasteiger partial charge in [0.05, 0.1) is 5.69 Å². The average Bonchev–Trinajstić information content (AvgIpc) is 2.83. The Bertz CT molecular complexity index is 1180. The molecule has 3 heterocycles. The van der Waals surface area contributed by atoms with Gasteiger partial charge < -0.3 is 24.1 Å². The summed E-state index contributed by atoms with van der Waals surface area (Å²) >= 11 is 0. The molecule has 1 aromatic heterocycles. The lowest BCUT2D eigenvalue weighted by Crippen LogP contribution is -2.49. The molecule has 0 atom stereocenters. The highest BCUT2D eigenvalue weighted by atomic mass is 16.6. The lowest BCUT2D eigenvalue weighted by Gasteiger charge is -2.35. The number of hydrogen-bond donors (Lipinski definition) is 1. The zero-order valence-electron chi connectivity index (χ0n) is 17.7. The van der Waals surface area contributed by atoms with Crippen molar-refractivity contribution in [1.82, 2.24) is 9.80 Å². The molecule has 32 heavy (non-hydrogen) atoms. The van der Waals surface area contributed by atoms with E-state index < -0.39 is 0 Å². The van der Waals surface area contributed by atoms with Crippen LogP contribution in [0.2, 0.25) is 0 Å². The van der Waals surface area contributed by atoms with Crippen LogP contribution < -0.4 is 20.4 Å². The predicted molar refractivity (Wildman–Crippen MR) is 121 cm³/mol. The average molecular weight is 435 g/mol. The molecule has 1 saturated heterocycles. The molecule has 2 aromatic carbocycles. The Morgan fingerprint density at radius 2 is 1.72 bits per heavy atom. The highest BCUT2D eigenvalue weighted by Crippen LogP contribution is 2.31. The second-order valence-electron chi connectivity index (χ2n) is 7.89. The zero-order chi connectivity index (χ0) is 21.9. The first-order valence-electron chi connectivity index (χ1n) is 10.9. The molecule has 3 aromatic rings. The molecule has 0 saturated carbocycles. The first kappa shape index (κ1) is 20.4. The molecule has 2 aliphatic heterocycles. The number of fused-ring (bicyclic) bond motifs is 2. The molecule has 8 nitrogen and oxygen atoms in total. The molecule has 0 unspecified atom stereocenters. The van der Waals surface area contributed by atoms with Crippen molar-refractivity contribution in [2.45, 2.75) is 0 Å². The van der Waals surface area contributed by atoms with Crippen molar-refractivity contribution in [2.75, 3.05) is 57.8 Å². The Labute approximate surface area is 185 Å². The first-order valence-corrected chi connectivity index (χ1v) is 10.9. The summed E-state index contributed by atoms with van der Waals surface area (Å²) in [5, 5.41) is 4.25. The largest absolute Gasteiger partial charge is 0.486 e. The van der Waals surface area contributed by atoms with E-state index in [1.165, 1.54) is 6.07 Å². The summed E-state index contributed by atoms with van der Waals surface area (Å²) in [5.74, 6) is 1.34. The SMILES string of the molecule is O=C(c1ccc2c(c1)OCCO2)N1CCN(CCNc2cc(=O)oc3ccccc23)CC1. The van der Waals surface area contributed by atoms with Crippen LogP contribution >= 0.6 is 0 Å². The van der Waals surface area contributed by atoms with E-state index in [0.717, 1.165) is 30.7 Å². The standard InChI is InChI=1S/C24H25N3O5/c28-23-16-19(18-3-1-2-4-20(18)32-23)25-7-8-26-9-11-27(12-10-26)24(29)17-5-6-21-22(15-17)31-14-13-30-21/h1-6,15-16,25H,7-14H2. The molecule has 5 rings (SSSR count). The number of anilines is 1. The first-order chi connectivity index (χ1) is 15.7. The number of benzene rings is 2. The second-order valence-corrected chi connectivity index (χ2v) is 7.89. The van der Waals surface area contributed by atoms with Gasteiger partial charge in [0.25, 0.3) is 5.91 Å². The Balaban J connectivity index is 1.14. The normalized spacial score (nSPS) is 16.2. The Hall–Kier alpha value is -3.52. The third-order valence-electron chi connectivity index (χ3n) is 5.84. The van der Waals surface area contributed by atoms with Crippen LogP contribution in [0.1, 0.15) is 10.4 Å². The van der Waals surface area contributed by atoms with Gasteiger partial charge in [0, 0.05) is 56.3 Å². The number of ether oxygens (including phenoxy) is 2. The van der Waals surface area contributed by atoms with E-state index in [1.54, 1.807) is 24.3 Å². The van der Waals surface area contributed by atoms with Crippen molar-refractivity contribution in [3.8, 4) is 11.5 Å². The van der Waals surface area contributed by atoms with Crippen LogP contribution in [0.3, 0.4) is 0 Å². The van der Waals surface area contributed by atoms with Gasteiger partial charge in [-0.05, 0) is 30.3 Å². The lowest BCUT2D eigenvalue weighted by atomic mass is 10.1. The number of amides is 1. The van der Waals surface area contributed by atoms with Crippen molar-refractivity contribution in [1.29, 1.82) is 0 Å². The van der Waals surface area contributed by atoms with E-state index in [9.17, 15) is 9.59 Å². The van der Waals surface area contributed by atoms with Gasteiger partial charge in [0.1, 0.15) is 18.8 Å². The van der Waals surface area contributed by atoms with Crippen LogP contribution in [0.4, 0.5) is 5.69 Å². The fourth-order valence-corrected chi connectivity index (χ4v) is 4.14. The molecule has 2 aliphatic rings. The summed E-state index contributed by atoms with van der Waals surface area (Å²) in [6.07, 6.45) is 0. The molecule has 166 valence electrons. The topological polar surface area (TPSA) is 84.3 Å². The number of carbonyl (C=O) groups is 1. The molecular formula is C24H25N3O5. The van der Waals surface area contributed by atoms with Crippen LogP contribution in [-0.2, 0) is 0 Å². The van der Waals surface area contributed by atoms with Crippen LogP contribution in [0.5, 0.6) is 11.5 Å². The van der Waals surface area contributed by atoms with Gasteiger partial charge in [0.2, 0.25) is 0 Å². The summed E-state index contributed by atoms with van der Waals surface area (Å²) in [4.78, 5) is 28.9. The highest BCUT2D eigenvalue weighted by molar-refractivity contribution is 5.95. The maximum absolute atomic E-state index is 12.9. The second kappa shape index (κ2) is 8.92. The smallest absolute Gasteiger partial charge is 0.338 e. The summed E-state index contributed by atoms with van der Waals surface area (Å²) in [6, 6.07) is 14.4. The fraction of sp³-hybridized carbons (Fsp3) is 0.333. The van der Waals surface area contributed by atoms with Gasteiger partial charge >= 0.3 is 5.63 Å². The van der Waals surface area contributed by atoms with Gasteiger partial charge in [-0.25, -0.2) is 4.79 Å². The van der Waals surface area contributed by atoms with E-state index in [2.05, 4.69) is 10.2 Å². The van der Waals surface area contributed by atoms with Crippen molar-refractivity contribution in [3.63, 3.8) is 0 Å². The van der Waals surface area contributed by atoms with Gasteiger partial charge in [-0.2, -0.15) is 0 Å². The molecule has 1 N–H and O–H groups in total. The highest BCUT2D eigenvalue weighted by Gasteiger charge is 2.23. The summed E-state index contributed by atoms with van der Waals surface area (Å²) in [5.41, 5.74) is 1.62. The van der Waals surface area contributed by atoms with Crippen molar-refractivity contribution in [3.05, 3.63) is 64.5 Å². The number of rotatable bonds is 5. The van der Waals surface area contributed by atoms with Crippen molar-refractivity contribution in [2.24, 2.45) is 0 Å². The zero-order valence-corrected chi connectivity index (χ0v) is 17.7. The molecule has 0 bridgehead atoms. The third-order valence-corrected chi connectivity index (χ3v) is 5.84. The number of hydrogen-bond acceptors (Lipinski definition) is 7. The van der Waals surface area contributed by atoms with Crippen LogP contribution in [0, 0.1) is 0 Å².